The van der Waals surface area contributed by atoms with Gasteiger partial charge in [0.05, 0.1) is 18.5 Å². The van der Waals surface area contributed by atoms with Crippen LogP contribution in [0.1, 0.15) is 85.7 Å². The number of hydrogen-bond acceptors (Lipinski definition) is 3. The van der Waals surface area contributed by atoms with Gasteiger partial charge in [0.2, 0.25) is 0 Å². The standard InChI is InChI=1S/C43H41N3/c1-42(2)35-15-9-7-13-31(35)33-21-19-29(24-37(33)42)40-44-39(28-18-17-26-11-5-6-12-27(26)23-28)45-41(46-40)30-20-22-34-32-14-8-10-16-36(32)43(3,4)38(34)25-30/h5-21,23-25,34,39-41,44-46H,22H2,1-4H3. The first-order valence-corrected chi connectivity index (χ1v) is 16.8. The second-order valence-corrected chi connectivity index (χ2v) is 14.7. The maximum absolute atomic E-state index is 4.01. The van der Waals surface area contributed by atoms with E-state index in [9.17, 15) is 0 Å². The Labute approximate surface area is 272 Å². The SMILES string of the molecule is CC1(C)C2=CC(C3NC(c4ccc5c(c4)C(C)(C)c4ccccc4-5)NC(c4ccc5ccccc5c4)N3)=CCC2c2ccccc21. The molecule has 0 spiro atoms. The molecule has 5 aromatic carbocycles. The number of benzene rings is 5. The van der Waals surface area contributed by atoms with E-state index < -0.39 is 0 Å². The Hall–Kier alpha value is -4.28. The molecule has 9 rings (SSSR count). The molecule has 0 saturated carbocycles. The van der Waals surface area contributed by atoms with Gasteiger partial charge in [-0.25, -0.2) is 0 Å². The summed E-state index contributed by atoms with van der Waals surface area (Å²) in [5, 5.41) is 14.5. The van der Waals surface area contributed by atoms with Gasteiger partial charge in [0, 0.05) is 16.7 Å². The summed E-state index contributed by atoms with van der Waals surface area (Å²) in [6.45, 7) is 9.52. The van der Waals surface area contributed by atoms with Crippen LogP contribution in [0.25, 0.3) is 21.9 Å². The molecule has 4 unspecified atom stereocenters. The second kappa shape index (κ2) is 10.1. The Balaban J connectivity index is 1.11. The minimum atomic E-state index is -0.0413. The van der Waals surface area contributed by atoms with E-state index in [2.05, 4.69) is 165 Å². The predicted molar refractivity (Wildman–Crippen MR) is 190 cm³/mol. The minimum Gasteiger partial charge on any atom is -0.279 e. The number of nitrogens with one attached hydrogen (secondary N) is 3. The second-order valence-electron chi connectivity index (χ2n) is 14.7. The lowest BCUT2D eigenvalue weighted by molar-refractivity contribution is 0.223. The van der Waals surface area contributed by atoms with Crippen LogP contribution in [0.2, 0.25) is 0 Å². The van der Waals surface area contributed by atoms with Crippen LogP contribution in [-0.4, -0.2) is 6.17 Å². The molecular weight excluding hydrogens is 558 g/mol. The third-order valence-corrected chi connectivity index (χ3v) is 11.4. The zero-order chi connectivity index (χ0) is 31.2. The van der Waals surface area contributed by atoms with Crippen molar-refractivity contribution in [3.8, 4) is 11.1 Å². The molecule has 1 fully saturated rings. The van der Waals surface area contributed by atoms with Crippen molar-refractivity contribution in [3.05, 3.63) is 166 Å². The Kier molecular flexibility index (Phi) is 6.15. The van der Waals surface area contributed by atoms with Crippen LogP contribution in [0.15, 0.2) is 132 Å². The van der Waals surface area contributed by atoms with Crippen molar-refractivity contribution in [1.29, 1.82) is 0 Å². The summed E-state index contributed by atoms with van der Waals surface area (Å²) in [7, 11) is 0. The minimum absolute atomic E-state index is 0.00542. The van der Waals surface area contributed by atoms with Gasteiger partial charge >= 0.3 is 0 Å². The van der Waals surface area contributed by atoms with E-state index in [1.165, 1.54) is 66.4 Å². The van der Waals surface area contributed by atoms with Gasteiger partial charge in [-0.15, -0.1) is 0 Å². The largest absolute Gasteiger partial charge is 0.279 e. The van der Waals surface area contributed by atoms with Crippen LogP contribution in [0.3, 0.4) is 0 Å². The summed E-state index contributed by atoms with van der Waals surface area (Å²) in [6, 6.07) is 40.6. The van der Waals surface area contributed by atoms with Crippen LogP contribution in [0.5, 0.6) is 0 Å². The van der Waals surface area contributed by atoms with Gasteiger partial charge in [-0.3, -0.25) is 16.0 Å². The fraction of sp³-hybridized carbons (Fsp3) is 0.256. The fourth-order valence-electron chi connectivity index (χ4n) is 8.87. The lowest BCUT2D eigenvalue weighted by atomic mass is 9.77. The van der Waals surface area contributed by atoms with Gasteiger partial charge in [-0.05, 0) is 73.3 Å². The summed E-state index contributed by atoms with van der Waals surface area (Å²) in [4.78, 5) is 0. The normalized spacial score (nSPS) is 25.2. The Morgan fingerprint density at radius 1 is 0.543 bits per heavy atom. The summed E-state index contributed by atoms with van der Waals surface area (Å²) < 4.78 is 0. The zero-order valence-corrected chi connectivity index (χ0v) is 27.1. The highest BCUT2D eigenvalue weighted by molar-refractivity contribution is 5.83. The predicted octanol–water partition coefficient (Wildman–Crippen LogP) is 9.28. The van der Waals surface area contributed by atoms with E-state index >= 15 is 0 Å². The molecule has 3 aliphatic carbocycles. The van der Waals surface area contributed by atoms with Crippen molar-refractivity contribution >= 4 is 10.8 Å². The van der Waals surface area contributed by atoms with Gasteiger partial charge in [0.15, 0.2) is 0 Å². The molecule has 46 heavy (non-hydrogen) atoms. The van der Waals surface area contributed by atoms with E-state index in [0.29, 0.717) is 5.92 Å². The number of hydrogen-bond donors (Lipinski definition) is 3. The first-order chi connectivity index (χ1) is 22.3. The Bertz CT molecular complexity index is 2100. The highest BCUT2D eigenvalue weighted by atomic mass is 15.4. The molecule has 3 nitrogen and oxygen atoms in total. The highest BCUT2D eigenvalue weighted by Gasteiger charge is 2.43. The summed E-state index contributed by atoms with van der Waals surface area (Å²) in [5.74, 6) is 0.462. The molecule has 1 aliphatic heterocycles. The molecule has 3 heteroatoms. The molecule has 1 saturated heterocycles. The number of allylic oxidation sites excluding steroid dienone is 2. The molecule has 228 valence electrons. The summed E-state index contributed by atoms with van der Waals surface area (Å²) >= 11 is 0. The van der Waals surface area contributed by atoms with Gasteiger partial charge in [0.25, 0.3) is 0 Å². The van der Waals surface area contributed by atoms with E-state index in [1.807, 2.05) is 0 Å². The maximum Gasteiger partial charge on any atom is 0.0864 e. The van der Waals surface area contributed by atoms with Crippen molar-refractivity contribution in [2.24, 2.45) is 0 Å². The van der Waals surface area contributed by atoms with E-state index in [0.717, 1.165) is 6.42 Å². The topological polar surface area (TPSA) is 36.1 Å². The van der Waals surface area contributed by atoms with Crippen LogP contribution < -0.4 is 16.0 Å². The number of rotatable bonds is 3. The molecule has 0 radical (unpaired) electrons. The summed E-state index contributed by atoms with van der Waals surface area (Å²) in [6.07, 6.45) is 5.95. The molecule has 0 aromatic heterocycles. The van der Waals surface area contributed by atoms with Gasteiger partial charge < -0.3 is 0 Å². The molecular formula is C43H41N3. The molecule has 5 aromatic rings. The Morgan fingerprint density at radius 2 is 1.17 bits per heavy atom. The van der Waals surface area contributed by atoms with Crippen LogP contribution in [0, 0.1) is 0 Å². The van der Waals surface area contributed by atoms with E-state index in [1.54, 1.807) is 0 Å². The fourth-order valence-corrected chi connectivity index (χ4v) is 8.87. The summed E-state index contributed by atoms with van der Waals surface area (Å²) in [5.41, 5.74) is 13.9. The van der Waals surface area contributed by atoms with Crippen LogP contribution in [0.4, 0.5) is 0 Å². The quantitative estimate of drug-likeness (QED) is 0.193. The van der Waals surface area contributed by atoms with E-state index in [4.69, 9.17) is 0 Å². The zero-order valence-electron chi connectivity index (χ0n) is 27.1. The van der Waals surface area contributed by atoms with Crippen molar-refractivity contribution in [3.63, 3.8) is 0 Å². The monoisotopic (exact) mass is 599 g/mol. The smallest absolute Gasteiger partial charge is 0.0864 e. The Morgan fingerprint density at radius 3 is 2.00 bits per heavy atom. The van der Waals surface area contributed by atoms with Crippen molar-refractivity contribution in [2.45, 2.75) is 69.4 Å². The molecule has 4 atom stereocenters. The van der Waals surface area contributed by atoms with Crippen LogP contribution in [-0.2, 0) is 10.8 Å². The van der Waals surface area contributed by atoms with Gasteiger partial charge in [-0.2, -0.15) is 0 Å². The first kappa shape index (κ1) is 28.0. The van der Waals surface area contributed by atoms with Gasteiger partial charge in [0.1, 0.15) is 0 Å². The van der Waals surface area contributed by atoms with E-state index in [-0.39, 0.29) is 29.3 Å². The van der Waals surface area contributed by atoms with Crippen molar-refractivity contribution in [1.82, 2.24) is 16.0 Å². The average molecular weight is 600 g/mol. The molecule has 3 N–H and O–H groups in total. The lowest BCUT2D eigenvalue weighted by Gasteiger charge is -2.41. The van der Waals surface area contributed by atoms with Crippen LogP contribution >= 0.6 is 0 Å². The average Bonchev–Trinajstić information content (AvgIpc) is 3.47. The lowest BCUT2D eigenvalue weighted by Crippen LogP contribution is -2.59. The third-order valence-electron chi connectivity index (χ3n) is 11.4. The first-order valence-electron chi connectivity index (χ1n) is 16.8. The van der Waals surface area contributed by atoms with Gasteiger partial charge in [-0.1, -0.05) is 149 Å². The highest BCUT2D eigenvalue weighted by Crippen LogP contribution is 2.54. The van der Waals surface area contributed by atoms with Crippen molar-refractivity contribution in [2.75, 3.05) is 0 Å². The molecule has 4 aliphatic rings. The molecule has 0 amide bonds. The maximum atomic E-state index is 4.01. The number of fused-ring (bicyclic) bond motifs is 7. The van der Waals surface area contributed by atoms with Crippen molar-refractivity contribution < 1.29 is 0 Å². The molecule has 1 heterocycles. The third kappa shape index (κ3) is 4.15. The molecule has 0 bridgehead atoms.